The smallest absolute Gasteiger partial charge is 0.240 e. The van der Waals surface area contributed by atoms with Gasteiger partial charge in [0.15, 0.2) is 11.6 Å². The van der Waals surface area contributed by atoms with Gasteiger partial charge in [-0.1, -0.05) is 0 Å². The lowest BCUT2D eigenvalue weighted by atomic mass is 10.1. The molecule has 1 aliphatic heterocycles. The highest BCUT2D eigenvalue weighted by Gasteiger charge is 2.20. The summed E-state index contributed by atoms with van der Waals surface area (Å²) in [6, 6.07) is 2.08. The maximum absolute atomic E-state index is 13.7. The first-order valence-corrected chi connectivity index (χ1v) is 8.13. The van der Waals surface area contributed by atoms with E-state index in [0.717, 1.165) is 19.1 Å². The first kappa shape index (κ1) is 16.0. The molecule has 1 heterocycles. The number of rotatable bonds is 6. The van der Waals surface area contributed by atoms with E-state index in [-0.39, 0.29) is 22.9 Å². The van der Waals surface area contributed by atoms with Gasteiger partial charge in [0.05, 0.1) is 17.7 Å². The number of hydrogen-bond acceptors (Lipinski definition) is 5. The second-order valence-electron chi connectivity index (χ2n) is 4.94. The van der Waals surface area contributed by atoms with Gasteiger partial charge in [-0.05, 0) is 30.9 Å². The Kier molecular flexibility index (Phi) is 5.02. The van der Waals surface area contributed by atoms with Crippen molar-refractivity contribution in [3.8, 4) is 5.75 Å². The van der Waals surface area contributed by atoms with Crippen molar-refractivity contribution < 1.29 is 22.3 Å². The highest BCUT2D eigenvalue weighted by atomic mass is 32.2. The van der Waals surface area contributed by atoms with Gasteiger partial charge < -0.3 is 15.2 Å². The molecular weight excluding hydrogens is 299 g/mol. The molecule has 1 saturated heterocycles. The molecule has 0 radical (unpaired) electrons. The number of hydrogen-bond donors (Lipinski definition) is 2. The predicted molar refractivity (Wildman–Crippen MR) is 76.1 cm³/mol. The number of sulfonamides is 1. The van der Waals surface area contributed by atoms with Gasteiger partial charge in [0.25, 0.3) is 0 Å². The van der Waals surface area contributed by atoms with E-state index in [1.54, 1.807) is 0 Å². The fourth-order valence-electron chi connectivity index (χ4n) is 2.25. The third-order valence-electron chi connectivity index (χ3n) is 3.43. The van der Waals surface area contributed by atoms with Crippen LogP contribution in [0, 0.1) is 11.7 Å². The Balaban J connectivity index is 2.04. The van der Waals surface area contributed by atoms with Crippen molar-refractivity contribution >= 4 is 15.7 Å². The number of nitrogens with two attached hydrogens (primary N) is 1. The normalized spacial score (nSPS) is 18.9. The molecule has 8 heteroatoms. The Morgan fingerprint density at radius 3 is 2.86 bits per heavy atom. The largest absolute Gasteiger partial charge is 0.492 e. The van der Waals surface area contributed by atoms with E-state index in [9.17, 15) is 12.8 Å². The molecule has 3 N–H and O–H groups in total. The molecule has 1 unspecified atom stereocenters. The Bertz CT molecular complexity index is 577. The van der Waals surface area contributed by atoms with Crippen LogP contribution in [0.25, 0.3) is 0 Å². The van der Waals surface area contributed by atoms with Gasteiger partial charge in [-0.2, -0.15) is 0 Å². The average Bonchev–Trinajstić information content (AvgIpc) is 2.91. The van der Waals surface area contributed by atoms with Gasteiger partial charge in [0.2, 0.25) is 10.0 Å². The summed E-state index contributed by atoms with van der Waals surface area (Å²) in [5.41, 5.74) is 5.53. The van der Waals surface area contributed by atoms with Gasteiger partial charge in [0.1, 0.15) is 0 Å². The van der Waals surface area contributed by atoms with Crippen LogP contribution in [0.3, 0.4) is 0 Å². The van der Waals surface area contributed by atoms with E-state index in [4.69, 9.17) is 15.2 Å². The van der Waals surface area contributed by atoms with Crippen LogP contribution in [0.2, 0.25) is 0 Å². The molecule has 0 aromatic heterocycles. The molecule has 1 aliphatic rings. The number of ether oxygens (including phenoxy) is 2. The molecule has 1 fully saturated rings. The second-order valence-corrected chi connectivity index (χ2v) is 6.71. The number of halogens is 1. The summed E-state index contributed by atoms with van der Waals surface area (Å²) in [7, 11) is -2.52. The van der Waals surface area contributed by atoms with E-state index in [2.05, 4.69) is 4.72 Å². The van der Waals surface area contributed by atoms with Crippen LogP contribution >= 0.6 is 0 Å². The molecule has 1 aromatic rings. The topological polar surface area (TPSA) is 90.7 Å². The third kappa shape index (κ3) is 3.84. The lowest BCUT2D eigenvalue weighted by Crippen LogP contribution is -2.26. The average molecular weight is 318 g/mol. The van der Waals surface area contributed by atoms with Gasteiger partial charge in [0, 0.05) is 19.8 Å². The predicted octanol–water partition coefficient (Wildman–Crippen LogP) is 1.12. The lowest BCUT2D eigenvalue weighted by molar-refractivity contribution is 0.184. The molecule has 6 nitrogen and oxygen atoms in total. The molecule has 118 valence electrons. The standard InChI is InChI=1S/C13H19FN2O4S/c1-19-13-11(14)6-10(7-12(13)15)21(17,18)16-4-2-9-3-5-20-8-9/h6-7,9,16H,2-5,8,15H2,1H3. The van der Waals surface area contributed by atoms with E-state index in [1.807, 2.05) is 0 Å². The number of nitrogens with one attached hydrogen (secondary N) is 1. The first-order chi connectivity index (χ1) is 9.94. The summed E-state index contributed by atoms with van der Waals surface area (Å²) < 4.78 is 50.3. The zero-order valence-corrected chi connectivity index (χ0v) is 12.6. The van der Waals surface area contributed by atoms with Crippen LogP contribution in [0.1, 0.15) is 12.8 Å². The number of methoxy groups -OCH3 is 1. The van der Waals surface area contributed by atoms with Crippen LogP contribution in [-0.4, -0.2) is 35.3 Å². The Morgan fingerprint density at radius 2 is 2.29 bits per heavy atom. The van der Waals surface area contributed by atoms with Crippen molar-refractivity contribution in [2.75, 3.05) is 32.6 Å². The van der Waals surface area contributed by atoms with E-state index >= 15 is 0 Å². The molecule has 0 aliphatic carbocycles. The van der Waals surface area contributed by atoms with Crippen LogP contribution in [0.15, 0.2) is 17.0 Å². The van der Waals surface area contributed by atoms with Gasteiger partial charge >= 0.3 is 0 Å². The first-order valence-electron chi connectivity index (χ1n) is 6.64. The maximum Gasteiger partial charge on any atom is 0.240 e. The summed E-state index contributed by atoms with van der Waals surface area (Å²) in [5.74, 6) is -0.593. The van der Waals surface area contributed by atoms with Gasteiger partial charge in [-0.15, -0.1) is 0 Å². The number of benzene rings is 1. The van der Waals surface area contributed by atoms with Crippen molar-refractivity contribution in [3.63, 3.8) is 0 Å². The highest BCUT2D eigenvalue weighted by Crippen LogP contribution is 2.28. The molecule has 1 aromatic carbocycles. The third-order valence-corrected chi connectivity index (χ3v) is 4.87. The van der Waals surface area contributed by atoms with Crippen molar-refractivity contribution in [2.45, 2.75) is 17.7 Å². The van der Waals surface area contributed by atoms with Crippen LogP contribution in [-0.2, 0) is 14.8 Å². The van der Waals surface area contributed by atoms with Gasteiger partial charge in [-0.25, -0.2) is 17.5 Å². The van der Waals surface area contributed by atoms with Crippen molar-refractivity contribution in [2.24, 2.45) is 5.92 Å². The SMILES string of the molecule is COc1c(N)cc(S(=O)(=O)NCCC2CCOC2)cc1F. The van der Waals surface area contributed by atoms with Crippen molar-refractivity contribution in [1.82, 2.24) is 4.72 Å². The summed E-state index contributed by atoms with van der Waals surface area (Å²) in [4.78, 5) is -0.207. The fraction of sp³-hybridized carbons (Fsp3) is 0.538. The van der Waals surface area contributed by atoms with Crippen molar-refractivity contribution in [3.05, 3.63) is 17.9 Å². The second kappa shape index (κ2) is 6.59. The zero-order chi connectivity index (χ0) is 15.5. The van der Waals surface area contributed by atoms with E-state index in [1.165, 1.54) is 13.2 Å². The van der Waals surface area contributed by atoms with E-state index < -0.39 is 15.8 Å². The molecule has 0 amide bonds. The molecule has 21 heavy (non-hydrogen) atoms. The Labute approximate surface area is 123 Å². The highest BCUT2D eigenvalue weighted by molar-refractivity contribution is 7.89. The summed E-state index contributed by atoms with van der Waals surface area (Å²) in [6.07, 6.45) is 1.62. The molecule has 0 saturated carbocycles. The minimum atomic E-state index is -3.79. The zero-order valence-electron chi connectivity index (χ0n) is 11.8. The van der Waals surface area contributed by atoms with Crippen LogP contribution < -0.4 is 15.2 Å². The van der Waals surface area contributed by atoms with E-state index in [0.29, 0.717) is 18.9 Å². The monoisotopic (exact) mass is 318 g/mol. The summed E-state index contributed by atoms with van der Waals surface area (Å²) >= 11 is 0. The number of nitrogen functional groups attached to an aromatic ring is 1. The van der Waals surface area contributed by atoms with Gasteiger partial charge in [-0.3, -0.25) is 0 Å². The quantitative estimate of drug-likeness (QED) is 0.767. The van der Waals surface area contributed by atoms with Crippen LogP contribution in [0.5, 0.6) is 5.75 Å². The molecule has 2 rings (SSSR count). The van der Waals surface area contributed by atoms with Crippen LogP contribution in [0.4, 0.5) is 10.1 Å². The molecular formula is C13H19FN2O4S. The Morgan fingerprint density at radius 1 is 1.52 bits per heavy atom. The molecule has 0 bridgehead atoms. The maximum atomic E-state index is 13.7. The fourth-order valence-corrected chi connectivity index (χ4v) is 3.35. The van der Waals surface area contributed by atoms with Crippen molar-refractivity contribution in [1.29, 1.82) is 0 Å². The lowest BCUT2D eigenvalue weighted by Gasteiger charge is -2.12. The molecule has 1 atom stereocenters. The summed E-state index contributed by atoms with van der Waals surface area (Å²) in [5, 5.41) is 0. The summed E-state index contributed by atoms with van der Waals surface area (Å²) in [6.45, 7) is 1.66. The Hall–Kier alpha value is -1.38. The minimum Gasteiger partial charge on any atom is -0.492 e. The molecule has 0 spiro atoms. The minimum absolute atomic E-state index is 0.0536. The number of anilines is 1.